The number of aliphatic hydroxyl groups is 1. The Labute approximate surface area is 516 Å². The molecule has 0 aliphatic carbocycles. The molecule has 0 saturated heterocycles. The number of aliphatic hydroxyl groups excluding tert-OH is 1. The van der Waals surface area contributed by atoms with Crippen molar-refractivity contribution in [2.75, 3.05) is 39.6 Å². The van der Waals surface area contributed by atoms with Gasteiger partial charge in [-0.3, -0.25) is 37.3 Å². The summed E-state index contributed by atoms with van der Waals surface area (Å²) in [4.78, 5) is 72.3. The monoisotopic (exact) mass is 1250 g/mol. The average Bonchev–Trinajstić information content (AvgIpc) is 3.57. The second kappa shape index (κ2) is 56.8. The van der Waals surface area contributed by atoms with E-state index in [-0.39, 0.29) is 25.7 Å². The van der Waals surface area contributed by atoms with Gasteiger partial charge in [0.2, 0.25) is 0 Å². The molecule has 0 aromatic rings. The van der Waals surface area contributed by atoms with Crippen LogP contribution < -0.4 is 0 Å². The molecule has 0 spiro atoms. The molecule has 0 heterocycles. The van der Waals surface area contributed by atoms with E-state index in [4.69, 9.17) is 37.0 Å². The van der Waals surface area contributed by atoms with Crippen LogP contribution in [0, 0.1) is 17.8 Å². The molecular weight excluding hydrogens is 1130 g/mol. The number of hydrogen-bond donors (Lipinski definition) is 3. The number of unbranched alkanes of at least 4 members (excludes halogenated alkanes) is 24. The lowest BCUT2D eigenvalue weighted by Gasteiger charge is -2.21. The molecule has 0 bridgehead atoms. The number of rotatable bonds is 62. The van der Waals surface area contributed by atoms with Gasteiger partial charge in [0.25, 0.3) is 0 Å². The summed E-state index contributed by atoms with van der Waals surface area (Å²) in [6, 6.07) is 0. The first-order valence-corrected chi connectivity index (χ1v) is 36.8. The van der Waals surface area contributed by atoms with Crippen LogP contribution in [0.2, 0.25) is 0 Å². The zero-order chi connectivity index (χ0) is 63.1. The Morgan fingerprint density at radius 3 is 0.988 bits per heavy atom. The smallest absolute Gasteiger partial charge is 0.462 e. The molecule has 0 aliphatic rings. The highest BCUT2D eigenvalue weighted by atomic mass is 31.2. The van der Waals surface area contributed by atoms with Crippen LogP contribution in [0.15, 0.2) is 24.3 Å². The molecule has 0 fully saturated rings. The lowest BCUT2D eigenvalue weighted by molar-refractivity contribution is -0.161. The molecular formula is C66H124O17P2. The first-order valence-electron chi connectivity index (χ1n) is 33.8. The van der Waals surface area contributed by atoms with E-state index in [9.17, 15) is 43.2 Å². The summed E-state index contributed by atoms with van der Waals surface area (Å²) in [7, 11) is -9.91. The van der Waals surface area contributed by atoms with Crippen LogP contribution in [-0.4, -0.2) is 96.7 Å². The van der Waals surface area contributed by atoms with Crippen molar-refractivity contribution in [3.05, 3.63) is 24.3 Å². The zero-order valence-corrected chi connectivity index (χ0v) is 56.3. The normalized spacial score (nSPS) is 15.5. The van der Waals surface area contributed by atoms with Gasteiger partial charge in [-0.15, -0.1) is 0 Å². The van der Waals surface area contributed by atoms with Crippen molar-refractivity contribution in [2.24, 2.45) is 17.8 Å². The first kappa shape index (κ1) is 82.5. The largest absolute Gasteiger partial charge is 0.472 e. The molecule has 0 amide bonds. The highest BCUT2D eigenvalue weighted by Crippen LogP contribution is 2.45. The van der Waals surface area contributed by atoms with E-state index in [1.54, 1.807) is 0 Å². The summed E-state index contributed by atoms with van der Waals surface area (Å²) >= 11 is 0. The Bertz CT molecular complexity index is 1780. The number of phosphoric acid groups is 2. The molecule has 5 unspecified atom stereocenters. The van der Waals surface area contributed by atoms with E-state index < -0.39 is 97.5 Å². The van der Waals surface area contributed by atoms with Crippen molar-refractivity contribution in [1.82, 2.24) is 0 Å². The molecule has 3 N–H and O–H groups in total. The topological polar surface area (TPSA) is 237 Å². The SMILES string of the molecule is CCCCCC/C=C\C=C/CCCCCCCC(=O)O[C@H](COC(=O)CCCCCCCCC(C)CC)COP(=O)(O)OC[C@H](O)COP(=O)(O)OC[C@@H](COC(=O)CCCCCCCCC(C)CC)OC(=O)CCCCCCCCC(C)CC. The van der Waals surface area contributed by atoms with E-state index in [0.717, 1.165) is 133 Å². The Balaban J connectivity index is 5.30. The van der Waals surface area contributed by atoms with Crippen LogP contribution in [0.25, 0.3) is 0 Å². The van der Waals surface area contributed by atoms with Crippen LogP contribution in [0.4, 0.5) is 0 Å². The second-order valence-electron chi connectivity index (χ2n) is 23.9. The van der Waals surface area contributed by atoms with Crippen LogP contribution in [0.5, 0.6) is 0 Å². The molecule has 0 rings (SSSR count). The van der Waals surface area contributed by atoms with Crippen molar-refractivity contribution in [3.8, 4) is 0 Å². The highest BCUT2D eigenvalue weighted by molar-refractivity contribution is 7.47. The Morgan fingerprint density at radius 1 is 0.376 bits per heavy atom. The predicted octanol–water partition coefficient (Wildman–Crippen LogP) is 17.8. The van der Waals surface area contributed by atoms with Gasteiger partial charge in [-0.25, -0.2) is 9.13 Å². The van der Waals surface area contributed by atoms with Gasteiger partial charge in [-0.05, 0) is 69.1 Å². The van der Waals surface area contributed by atoms with E-state index in [1.165, 1.54) is 83.5 Å². The molecule has 0 radical (unpaired) electrons. The predicted molar refractivity (Wildman–Crippen MR) is 340 cm³/mol. The number of carbonyl (C=O) groups is 4. The van der Waals surface area contributed by atoms with Crippen molar-refractivity contribution in [3.63, 3.8) is 0 Å². The average molecular weight is 1250 g/mol. The van der Waals surface area contributed by atoms with Gasteiger partial charge in [0.1, 0.15) is 19.3 Å². The molecule has 0 aromatic carbocycles. The maximum Gasteiger partial charge on any atom is 0.472 e. The Kier molecular flexibility index (Phi) is 55.1. The summed E-state index contributed by atoms with van der Waals surface area (Å²) in [6.45, 7) is 11.6. The molecule has 0 aliphatic heterocycles. The van der Waals surface area contributed by atoms with Gasteiger partial charge < -0.3 is 33.8 Å². The van der Waals surface area contributed by atoms with Gasteiger partial charge in [0.15, 0.2) is 12.2 Å². The number of carbonyl (C=O) groups excluding carboxylic acids is 4. The van der Waals surface area contributed by atoms with Crippen molar-refractivity contribution in [1.29, 1.82) is 0 Å². The molecule has 19 heteroatoms. The zero-order valence-electron chi connectivity index (χ0n) is 54.5. The summed E-state index contributed by atoms with van der Waals surface area (Å²) < 4.78 is 68.0. The molecule has 500 valence electrons. The molecule has 8 atom stereocenters. The number of hydrogen-bond acceptors (Lipinski definition) is 15. The van der Waals surface area contributed by atoms with Gasteiger partial charge in [0, 0.05) is 25.7 Å². The van der Waals surface area contributed by atoms with Gasteiger partial charge >= 0.3 is 39.5 Å². The summed E-state index contributed by atoms with van der Waals surface area (Å²) in [6.07, 6.45) is 41.3. The second-order valence-corrected chi connectivity index (χ2v) is 26.8. The molecule has 0 saturated carbocycles. The Hall–Kier alpha value is -2.46. The summed E-state index contributed by atoms with van der Waals surface area (Å²) in [5, 5.41) is 10.5. The third-order valence-electron chi connectivity index (χ3n) is 15.6. The minimum Gasteiger partial charge on any atom is -0.462 e. The quantitative estimate of drug-likeness (QED) is 0.0169. The fourth-order valence-electron chi connectivity index (χ4n) is 9.20. The van der Waals surface area contributed by atoms with Crippen LogP contribution in [0.1, 0.15) is 299 Å². The van der Waals surface area contributed by atoms with Crippen molar-refractivity contribution >= 4 is 39.5 Å². The number of ether oxygens (including phenoxy) is 4. The summed E-state index contributed by atoms with van der Waals surface area (Å²) in [5.74, 6) is 0.00627. The van der Waals surface area contributed by atoms with E-state index in [0.29, 0.717) is 25.7 Å². The summed E-state index contributed by atoms with van der Waals surface area (Å²) in [5.41, 5.74) is 0. The van der Waals surface area contributed by atoms with Crippen LogP contribution >= 0.6 is 15.6 Å². The van der Waals surface area contributed by atoms with E-state index in [2.05, 4.69) is 72.8 Å². The van der Waals surface area contributed by atoms with Gasteiger partial charge in [0.05, 0.1) is 26.4 Å². The Morgan fingerprint density at radius 2 is 0.659 bits per heavy atom. The third kappa shape index (κ3) is 56.5. The van der Waals surface area contributed by atoms with E-state index >= 15 is 0 Å². The van der Waals surface area contributed by atoms with Crippen LogP contribution in [-0.2, 0) is 65.4 Å². The maximum atomic E-state index is 13.0. The maximum absolute atomic E-state index is 13.0. The van der Waals surface area contributed by atoms with Crippen LogP contribution in [0.3, 0.4) is 0 Å². The minimum atomic E-state index is -4.96. The standard InChI is InChI=1S/C66H124O17P2/c1-8-12-13-14-15-16-17-18-19-20-21-22-23-35-42-49-65(70)82-61(53-76-63(68)47-40-33-27-24-30-37-44-57(5)9-2)55-80-84(72,73)78-51-60(67)52-79-85(74,75)81-56-62(83-66(71)50-43-36-29-26-32-39-46-59(7)11-4)54-77-64(69)48-41-34-28-25-31-38-45-58(6)10-3/h16-19,57-62,67H,8-15,20-56H2,1-7H3,(H,72,73)(H,74,75)/b17-16-,19-18-/t57?,58?,59?,60-,61+,62+/m0/s1. The fourth-order valence-corrected chi connectivity index (χ4v) is 10.8. The number of phosphoric ester groups is 2. The van der Waals surface area contributed by atoms with Crippen molar-refractivity contribution in [2.45, 2.75) is 317 Å². The fraction of sp³-hybridized carbons (Fsp3) is 0.879. The number of esters is 4. The third-order valence-corrected chi connectivity index (χ3v) is 17.5. The van der Waals surface area contributed by atoms with E-state index in [1.807, 2.05) is 0 Å². The molecule has 85 heavy (non-hydrogen) atoms. The molecule has 0 aromatic heterocycles. The first-order chi connectivity index (χ1) is 40.8. The van der Waals surface area contributed by atoms with Crippen molar-refractivity contribution < 1.29 is 80.2 Å². The lowest BCUT2D eigenvalue weighted by Crippen LogP contribution is -2.30. The highest BCUT2D eigenvalue weighted by Gasteiger charge is 2.30. The minimum absolute atomic E-state index is 0.0833. The lowest BCUT2D eigenvalue weighted by atomic mass is 10.00. The molecule has 17 nitrogen and oxygen atoms in total. The van der Waals surface area contributed by atoms with Gasteiger partial charge in [-0.2, -0.15) is 0 Å². The number of allylic oxidation sites excluding steroid dienone is 4. The van der Waals surface area contributed by atoms with Gasteiger partial charge in [-0.1, -0.05) is 246 Å².